The number of methoxy groups -OCH3 is 1. The Morgan fingerprint density at radius 2 is 2.08 bits per heavy atom. The van der Waals surface area contributed by atoms with Gasteiger partial charge in [-0.3, -0.25) is 4.79 Å². The molecule has 1 amide bonds. The number of rotatable bonds is 4. The van der Waals surface area contributed by atoms with Crippen molar-refractivity contribution in [3.05, 3.63) is 24.3 Å². The quantitative estimate of drug-likeness (QED) is 0.813. The third-order valence-electron chi connectivity index (χ3n) is 4.35. The van der Waals surface area contributed by atoms with Gasteiger partial charge in [-0.05, 0) is 26.0 Å². The summed E-state index contributed by atoms with van der Waals surface area (Å²) in [7, 11) is 1.56. The lowest BCUT2D eigenvalue weighted by molar-refractivity contribution is -0.361. The van der Waals surface area contributed by atoms with Crippen molar-refractivity contribution < 1.29 is 33.6 Å². The van der Waals surface area contributed by atoms with Gasteiger partial charge in [-0.15, -0.1) is 0 Å². The van der Waals surface area contributed by atoms with Gasteiger partial charge in [0.1, 0.15) is 35.9 Å². The monoisotopic (exact) mass is 367 g/mol. The van der Waals surface area contributed by atoms with Gasteiger partial charge in [-0.25, -0.2) is 0 Å². The Morgan fingerprint density at radius 1 is 1.35 bits per heavy atom. The summed E-state index contributed by atoms with van der Waals surface area (Å²) >= 11 is 0. The molecule has 5 atom stereocenters. The minimum atomic E-state index is -1.02. The van der Waals surface area contributed by atoms with E-state index in [9.17, 15) is 9.90 Å². The molecule has 0 saturated carbocycles. The van der Waals surface area contributed by atoms with E-state index in [1.807, 2.05) is 0 Å². The first-order valence-electron chi connectivity index (χ1n) is 8.52. The number of benzene rings is 1. The molecule has 2 heterocycles. The molecule has 2 aliphatic rings. The SMILES string of the molecule is COc1cccc(O[C@@H]2O[C@@H]3COC(C)(C)O[C@@H]3[C@H](O)[C@@H]2NC(C)=O)c1. The second kappa shape index (κ2) is 7.40. The smallest absolute Gasteiger partial charge is 0.223 e. The Kier molecular flexibility index (Phi) is 5.38. The first kappa shape index (κ1) is 18.9. The molecule has 0 radical (unpaired) electrons. The topological polar surface area (TPSA) is 95.5 Å². The lowest BCUT2D eigenvalue weighted by atomic mass is 9.95. The predicted molar refractivity (Wildman–Crippen MR) is 90.8 cm³/mol. The number of hydrogen-bond acceptors (Lipinski definition) is 7. The lowest BCUT2D eigenvalue weighted by Crippen LogP contribution is -2.69. The predicted octanol–water partition coefficient (Wildman–Crippen LogP) is 0.816. The Bertz CT molecular complexity index is 650. The average Bonchev–Trinajstić information content (AvgIpc) is 2.58. The molecule has 2 N–H and O–H groups in total. The van der Waals surface area contributed by atoms with Crippen LogP contribution in [0.15, 0.2) is 24.3 Å². The number of aliphatic hydroxyl groups is 1. The number of aliphatic hydroxyl groups excluding tert-OH is 1. The summed E-state index contributed by atoms with van der Waals surface area (Å²) in [5.74, 6) is -0.0267. The van der Waals surface area contributed by atoms with Crippen molar-refractivity contribution in [2.45, 2.75) is 57.2 Å². The number of nitrogens with one attached hydrogen (secondary N) is 1. The van der Waals surface area contributed by atoms with E-state index in [-0.39, 0.29) is 12.5 Å². The summed E-state index contributed by atoms with van der Waals surface area (Å²) < 4.78 is 28.5. The van der Waals surface area contributed by atoms with Gasteiger partial charge in [0.25, 0.3) is 0 Å². The maximum atomic E-state index is 11.6. The molecule has 0 unspecified atom stereocenters. The van der Waals surface area contributed by atoms with Crippen molar-refractivity contribution in [1.82, 2.24) is 5.32 Å². The molecular formula is C18H25NO7. The van der Waals surface area contributed by atoms with Crippen molar-refractivity contribution in [3.63, 3.8) is 0 Å². The molecule has 2 fully saturated rings. The number of hydrogen-bond donors (Lipinski definition) is 2. The molecule has 8 nitrogen and oxygen atoms in total. The molecule has 3 rings (SSSR count). The van der Waals surface area contributed by atoms with Gasteiger partial charge in [0.05, 0.1) is 13.7 Å². The van der Waals surface area contributed by atoms with E-state index in [1.165, 1.54) is 6.92 Å². The van der Waals surface area contributed by atoms with E-state index in [4.69, 9.17) is 23.7 Å². The Hall–Kier alpha value is -1.87. The maximum absolute atomic E-state index is 11.6. The van der Waals surface area contributed by atoms with Crippen molar-refractivity contribution in [2.75, 3.05) is 13.7 Å². The van der Waals surface area contributed by atoms with Gasteiger partial charge in [-0.1, -0.05) is 6.07 Å². The second-order valence-electron chi connectivity index (χ2n) is 6.85. The first-order valence-corrected chi connectivity index (χ1v) is 8.52. The van der Waals surface area contributed by atoms with Crippen LogP contribution in [0.2, 0.25) is 0 Å². The Labute approximate surface area is 152 Å². The van der Waals surface area contributed by atoms with Gasteiger partial charge in [0.15, 0.2) is 5.79 Å². The molecule has 0 aromatic heterocycles. The van der Waals surface area contributed by atoms with Crippen molar-refractivity contribution in [3.8, 4) is 11.5 Å². The first-order chi connectivity index (χ1) is 12.3. The zero-order valence-electron chi connectivity index (χ0n) is 15.3. The fourth-order valence-corrected chi connectivity index (χ4v) is 3.14. The van der Waals surface area contributed by atoms with Crippen LogP contribution in [-0.2, 0) is 19.0 Å². The minimum Gasteiger partial charge on any atom is -0.497 e. The zero-order valence-corrected chi connectivity index (χ0v) is 15.3. The van der Waals surface area contributed by atoms with Crippen LogP contribution in [0.5, 0.6) is 11.5 Å². The summed E-state index contributed by atoms with van der Waals surface area (Å²) in [5, 5.41) is 13.5. The third kappa shape index (κ3) is 4.09. The lowest BCUT2D eigenvalue weighted by Gasteiger charge is -2.49. The molecule has 26 heavy (non-hydrogen) atoms. The van der Waals surface area contributed by atoms with Gasteiger partial charge in [0.2, 0.25) is 12.2 Å². The highest BCUT2D eigenvalue weighted by atomic mass is 16.8. The normalized spacial score (nSPS) is 33.0. The third-order valence-corrected chi connectivity index (χ3v) is 4.35. The summed E-state index contributed by atoms with van der Waals surface area (Å²) in [6.45, 7) is 5.15. The highest BCUT2D eigenvalue weighted by Gasteiger charge is 2.52. The van der Waals surface area contributed by atoms with Crippen LogP contribution in [0.3, 0.4) is 0 Å². The van der Waals surface area contributed by atoms with E-state index < -0.39 is 36.4 Å². The van der Waals surface area contributed by atoms with E-state index in [0.717, 1.165) is 0 Å². The molecule has 2 saturated heterocycles. The molecule has 1 aromatic carbocycles. The zero-order chi connectivity index (χ0) is 18.9. The fourth-order valence-electron chi connectivity index (χ4n) is 3.14. The molecule has 1 aromatic rings. The van der Waals surface area contributed by atoms with Crippen molar-refractivity contribution in [2.24, 2.45) is 0 Å². The highest BCUT2D eigenvalue weighted by molar-refractivity contribution is 5.73. The molecule has 0 aliphatic carbocycles. The highest BCUT2D eigenvalue weighted by Crippen LogP contribution is 2.33. The molecule has 144 valence electrons. The minimum absolute atomic E-state index is 0.249. The van der Waals surface area contributed by atoms with E-state index in [2.05, 4.69) is 5.32 Å². The average molecular weight is 367 g/mol. The van der Waals surface area contributed by atoms with E-state index >= 15 is 0 Å². The second-order valence-corrected chi connectivity index (χ2v) is 6.85. The van der Waals surface area contributed by atoms with Crippen LogP contribution in [0.4, 0.5) is 0 Å². The number of amides is 1. The molecule has 0 spiro atoms. The van der Waals surface area contributed by atoms with E-state index in [1.54, 1.807) is 45.2 Å². The van der Waals surface area contributed by atoms with Gasteiger partial charge in [-0.2, -0.15) is 0 Å². The molecule has 2 aliphatic heterocycles. The van der Waals surface area contributed by atoms with Crippen LogP contribution in [0.1, 0.15) is 20.8 Å². The van der Waals surface area contributed by atoms with Crippen molar-refractivity contribution >= 4 is 5.91 Å². The van der Waals surface area contributed by atoms with Gasteiger partial charge in [0, 0.05) is 13.0 Å². The van der Waals surface area contributed by atoms with Crippen LogP contribution in [0.25, 0.3) is 0 Å². The van der Waals surface area contributed by atoms with Gasteiger partial charge < -0.3 is 34.1 Å². The van der Waals surface area contributed by atoms with Crippen molar-refractivity contribution in [1.29, 1.82) is 0 Å². The molecular weight excluding hydrogens is 342 g/mol. The van der Waals surface area contributed by atoms with E-state index in [0.29, 0.717) is 11.5 Å². The number of carbonyl (C=O) groups excluding carboxylic acids is 1. The number of fused-ring (bicyclic) bond motifs is 1. The van der Waals surface area contributed by atoms with Crippen LogP contribution >= 0.6 is 0 Å². The maximum Gasteiger partial charge on any atom is 0.223 e. The van der Waals surface area contributed by atoms with Gasteiger partial charge >= 0.3 is 0 Å². The molecule has 0 bridgehead atoms. The Balaban J connectivity index is 1.81. The summed E-state index contributed by atoms with van der Waals surface area (Å²) in [4.78, 5) is 11.6. The van der Waals surface area contributed by atoms with Crippen LogP contribution in [-0.4, -0.2) is 61.2 Å². The standard InChI is InChI=1S/C18H25NO7/c1-10(20)19-14-15(21)16-13(9-23-18(2,3)26-16)25-17(14)24-12-7-5-6-11(8-12)22-4/h5-8,13-17,21H,9H2,1-4H3,(H,19,20)/t13-,14+,15-,16+,17-/m1/s1. The summed E-state index contributed by atoms with van der Waals surface area (Å²) in [5.41, 5.74) is 0. The summed E-state index contributed by atoms with van der Waals surface area (Å²) in [6, 6.07) is 6.21. The van der Waals surface area contributed by atoms with Crippen LogP contribution in [0, 0.1) is 0 Å². The Morgan fingerprint density at radius 3 is 2.77 bits per heavy atom. The molecule has 8 heteroatoms. The fraction of sp³-hybridized carbons (Fsp3) is 0.611. The van der Waals surface area contributed by atoms with Crippen LogP contribution < -0.4 is 14.8 Å². The largest absolute Gasteiger partial charge is 0.497 e. The number of carbonyl (C=O) groups is 1. The summed E-state index contributed by atoms with van der Waals surface area (Å²) in [6.07, 6.45) is -3.08. The number of ether oxygens (including phenoxy) is 5.